The molecule has 0 saturated heterocycles. The van der Waals surface area contributed by atoms with E-state index in [4.69, 9.17) is 4.74 Å². The second-order valence-electron chi connectivity index (χ2n) is 6.94. The van der Waals surface area contributed by atoms with E-state index in [1.165, 1.54) is 45.4 Å². The summed E-state index contributed by atoms with van der Waals surface area (Å²) in [5.74, 6) is -1.63. The van der Waals surface area contributed by atoms with Crippen LogP contribution in [0.3, 0.4) is 0 Å². The van der Waals surface area contributed by atoms with Crippen molar-refractivity contribution in [2.24, 2.45) is 4.99 Å². The smallest absolute Gasteiger partial charge is 0.468 e. The standard InChI is InChI=1S/C18H30F3NO3/c1-3-4-5-6-7-8-9-10-11-12-15(23)24-13-17(2)14-25-16(22-17)18(19,20)21/h3-14H2,1-2H3. The third-order valence-electron chi connectivity index (χ3n) is 4.16. The van der Waals surface area contributed by atoms with Crippen LogP contribution in [0.15, 0.2) is 4.99 Å². The quantitative estimate of drug-likeness (QED) is 0.353. The van der Waals surface area contributed by atoms with E-state index in [0.717, 1.165) is 19.3 Å². The molecule has 0 N–H and O–H groups in total. The Morgan fingerprint density at radius 3 is 2.20 bits per heavy atom. The number of hydrogen-bond donors (Lipinski definition) is 0. The van der Waals surface area contributed by atoms with Gasteiger partial charge in [-0.2, -0.15) is 13.2 Å². The first-order chi connectivity index (χ1) is 11.8. The number of nitrogens with zero attached hydrogens (tertiary/aromatic N) is 1. The molecular weight excluding hydrogens is 335 g/mol. The summed E-state index contributed by atoms with van der Waals surface area (Å²) in [5.41, 5.74) is -1.15. The Kier molecular flexibility index (Phi) is 9.28. The molecule has 0 aliphatic carbocycles. The van der Waals surface area contributed by atoms with E-state index in [9.17, 15) is 18.0 Å². The van der Waals surface area contributed by atoms with Crippen LogP contribution in [-0.4, -0.2) is 36.8 Å². The molecule has 1 unspecified atom stereocenters. The average molecular weight is 365 g/mol. The van der Waals surface area contributed by atoms with Crippen molar-refractivity contribution in [2.75, 3.05) is 13.2 Å². The van der Waals surface area contributed by atoms with Crippen LogP contribution in [0.1, 0.15) is 78.1 Å². The number of ether oxygens (including phenoxy) is 2. The molecule has 25 heavy (non-hydrogen) atoms. The maximum absolute atomic E-state index is 12.5. The van der Waals surface area contributed by atoms with Crippen molar-refractivity contribution in [2.45, 2.75) is 89.8 Å². The van der Waals surface area contributed by atoms with Crippen LogP contribution in [0.5, 0.6) is 0 Å². The Morgan fingerprint density at radius 2 is 1.68 bits per heavy atom. The van der Waals surface area contributed by atoms with Gasteiger partial charge in [-0.1, -0.05) is 58.3 Å². The molecule has 0 spiro atoms. The molecule has 1 heterocycles. The maximum Gasteiger partial charge on any atom is 0.468 e. The minimum atomic E-state index is -4.60. The van der Waals surface area contributed by atoms with Gasteiger partial charge >= 0.3 is 12.1 Å². The third kappa shape index (κ3) is 9.12. The van der Waals surface area contributed by atoms with Crippen molar-refractivity contribution in [3.63, 3.8) is 0 Å². The first kappa shape index (κ1) is 21.8. The second kappa shape index (κ2) is 10.7. The normalized spacial score (nSPS) is 20.3. The monoisotopic (exact) mass is 365 g/mol. The Hall–Kier alpha value is -1.27. The number of halogens is 3. The van der Waals surface area contributed by atoms with Crippen LogP contribution < -0.4 is 0 Å². The molecule has 146 valence electrons. The van der Waals surface area contributed by atoms with E-state index in [-0.39, 0.29) is 19.2 Å². The zero-order valence-corrected chi connectivity index (χ0v) is 15.3. The molecule has 0 saturated carbocycles. The van der Waals surface area contributed by atoms with Crippen LogP contribution in [-0.2, 0) is 14.3 Å². The molecule has 0 bridgehead atoms. The van der Waals surface area contributed by atoms with Crippen molar-refractivity contribution in [3.05, 3.63) is 0 Å². The number of carbonyl (C=O) groups excluding carboxylic acids is 1. The highest BCUT2D eigenvalue weighted by atomic mass is 19.4. The highest BCUT2D eigenvalue weighted by Gasteiger charge is 2.46. The van der Waals surface area contributed by atoms with Crippen molar-refractivity contribution in [1.29, 1.82) is 0 Å². The number of unbranched alkanes of at least 4 members (excludes halogenated alkanes) is 8. The van der Waals surface area contributed by atoms with Crippen LogP contribution in [0, 0.1) is 0 Å². The van der Waals surface area contributed by atoms with E-state index < -0.39 is 17.6 Å². The number of rotatable bonds is 12. The van der Waals surface area contributed by atoms with E-state index >= 15 is 0 Å². The molecule has 0 aromatic rings. The first-order valence-electron chi connectivity index (χ1n) is 9.22. The largest absolute Gasteiger partial charge is 0.472 e. The predicted molar refractivity (Wildman–Crippen MR) is 90.7 cm³/mol. The molecule has 0 radical (unpaired) electrons. The van der Waals surface area contributed by atoms with Gasteiger partial charge in [0.15, 0.2) is 0 Å². The number of esters is 1. The summed E-state index contributed by atoms with van der Waals surface area (Å²) < 4.78 is 47.1. The van der Waals surface area contributed by atoms with Crippen molar-refractivity contribution < 1.29 is 27.4 Å². The van der Waals surface area contributed by atoms with E-state index in [0.29, 0.717) is 6.42 Å². The Bertz CT molecular complexity index is 438. The summed E-state index contributed by atoms with van der Waals surface area (Å²) in [5, 5.41) is 0. The fraction of sp³-hybridized carbons (Fsp3) is 0.889. The molecule has 1 atom stereocenters. The summed E-state index contributed by atoms with van der Waals surface area (Å²) >= 11 is 0. The summed E-state index contributed by atoms with van der Waals surface area (Å²) in [6.07, 6.45) is 6.05. The summed E-state index contributed by atoms with van der Waals surface area (Å²) in [6.45, 7) is 3.26. The van der Waals surface area contributed by atoms with Crippen LogP contribution in [0.4, 0.5) is 13.2 Å². The lowest BCUT2D eigenvalue weighted by Gasteiger charge is -2.17. The zero-order valence-electron chi connectivity index (χ0n) is 15.3. The number of alkyl halides is 3. The molecule has 1 aliphatic heterocycles. The molecule has 0 aromatic carbocycles. The number of carbonyl (C=O) groups is 1. The zero-order chi connectivity index (χ0) is 18.8. The lowest BCUT2D eigenvalue weighted by Crippen LogP contribution is -2.31. The van der Waals surface area contributed by atoms with E-state index in [1.807, 2.05) is 0 Å². The minimum absolute atomic E-state index is 0.192. The topological polar surface area (TPSA) is 47.9 Å². The Balaban J connectivity index is 2.09. The number of aliphatic imine (C=N–C) groups is 1. The van der Waals surface area contributed by atoms with Crippen LogP contribution in [0.2, 0.25) is 0 Å². The van der Waals surface area contributed by atoms with Crippen molar-refractivity contribution >= 4 is 11.9 Å². The molecule has 1 rings (SSSR count). The summed E-state index contributed by atoms with van der Waals surface area (Å²) in [4.78, 5) is 15.2. The van der Waals surface area contributed by atoms with Gasteiger partial charge in [0, 0.05) is 6.42 Å². The second-order valence-corrected chi connectivity index (χ2v) is 6.94. The van der Waals surface area contributed by atoms with Gasteiger partial charge in [-0.15, -0.1) is 0 Å². The van der Waals surface area contributed by atoms with Gasteiger partial charge in [0.05, 0.1) is 0 Å². The summed E-state index contributed by atoms with van der Waals surface area (Å²) in [7, 11) is 0. The molecular formula is C18H30F3NO3. The van der Waals surface area contributed by atoms with E-state index in [2.05, 4.69) is 16.7 Å². The Labute approximate surface area is 148 Å². The van der Waals surface area contributed by atoms with E-state index in [1.54, 1.807) is 0 Å². The fourth-order valence-corrected chi connectivity index (χ4v) is 2.64. The molecule has 0 aromatic heterocycles. The lowest BCUT2D eigenvalue weighted by atomic mass is 10.1. The maximum atomic E-state index is 12.5. The average Bonchev–Trinajstić information content (AvgIpc) is 2.95. The fourth-order valence-electron chi connectivity index (χ4n) is 2.64. The summed E-state index contributed by atoms with van der Waals surface area (Å²) in [6, 6.07) is 0. The first-order valence-corrected chi connectivity index (χ1v) is 9.22. The van der Waals surface area contributed by atoms with Gasteiger partial charge in [-0.3, -0.25) is 4.79 Å². The van der Waals surface area contributed by atoms with Gasteiger partial charge in [0.1, 0.15) is 18.8 Å². The number of hydrogen-bond acceptors (Lipinski definition) is 4. The predicted octanol–water partition coefficient (Wildman–Crippen LogP) is 5.20. The van der Waals surface area contributed by atoms with Gasteiger partial charge in [-0.25, -0.2) is 4.99 Å². The van der Waals surface area contributed by atoms with Gasteiger partial charge in [0.2, 0.25) is 0 Å². The molecule has 1 aliphatic rings. The van der Waals surface area contributed by atoms with Gasteiger partial charge < -0.3 is 9.47 Å². The molecule has 0 amide bonds. The minimum Gasteiger partial charge on any atom is -0.472 e. The lowest BCUT2D eigenvalue weighted by molar-refractivity contribution is -0.145. The highest BCUT2D eigenvalue weighted by molar-refractivity contribution is 5.83. The molecule has 7 heteroatoms. The SMILES string of the molecule is CCCCCCCCCCCC(=O)OCC1(C)COC(C(F)(F)F)=N1. The van der Waals surface area contributed by atoms with Crippen LogP contribution >= 0.6 is 0 Å². The Morgan fingerprint density at radius 1 is 1.12 bits per heavy atom. The van der Waals surface area contributed by atoms with Crippen molar-refractivity contribution in [1.82, 2.24) is 0 Å². The molecule has 0 fully saturated rings. The highest BCUT2D eigenvalue weighted by Crippen LogP contribution is 2.28. The van der Waals surface area contributed by atoms with Crippen molar-refractivity contribution in [3.8, 4) is 0 Å². The third-order valence-corrected chi connectivity index (χ3v) is 4.16. The molecule has 4 nitrogen and oxygen atoms in total. The van der Waals surface area contributed by atoms with Gasteiger partial charge in [-0.05, 0) is 13.3 Å². The van der Waals surface area contributed by atoms with Gasteiger partial charge in [0.25, 0.3) is 5.90 Å². The van der Waals surface area contributed by atoms with Crippen LogP contribution in [0.25, 0.3) is 0 Å².